The molecular formula is C14H18FNO. The Labute approximate surface area is 101 Å². The first kappa shape index (κ1) is 12.2. The van der Waals surface area contributed by atoms with Gasteiger partial charge >= 0.3 is 0 Å². The molecule has 0 aromatic heterocycles. The average molecular weight is 235 g/mol. The van der Waals surface area contributed by atoms with Gasteiger partial charge in [-0.3, -0.25) is 4.79 Å². The quantitative estimate of drug-likeness (QED) is 0.795. The molecule has 1 aliphatic carbocycles. The number of benzene rings is 1. The largest absolute Gasteiger partial charge is 0.314 e. The molecule has 0 saturated heterocycles. The van der Waals surface area contributed by atoms with Gasteiger partial charge in [0.1, 0.15) is 5.82 Å². The van der Waals surface area contributed by atoms with Crippen LogP contribution in [0.25, 0.3) is 0 Å². The highest BCUT2D eigenvalue weighted by Crippen LogP contribution is 2.17. The van der Waals surface area contributed by atoms with Gasteiger partial charge in [-0.25, -0.2) is 4.39 Å². The maximum Gasteiger partial charge on any atom is 0.164 e. The van der Waals surface area contributed by atoms with E-state index in [1.54, 1.807) is 12.1 Å². The average Bonchev–Trinajstić information content (AvgIpc) is 2.83. The molecule has 0 heterocycles. The molecule has 1 aliphatic rings. The molecule has 1 aromatic carbocycles. The van der Waals surface area contributed by atoms with Gasteiger partial charge in [0.15, 0.2) is 5.78 Å². The summed E-state index contributed by atoms with van der Waals surface area (Å²) in [7, 11) is 0. The molecule has 17 heavy (non-hydrogen) atoms. The van der Waals surface area contributed by atoms with E-state index in [1.165, 1.54) is 37.8 Å². The van der Waals surface area contributed by atoms with Crippen molar-refractivity contribution in [3.8, 4) is 0 Å². The molecule has 3 heteroatoms. The van der Waals surface area contributed by atoms with E-state index in [9.17, 15) is 9.18 Å². The molecule has 0 aliphatic heterocycles. The number of nitrogens with one attached hydrogen (secondary N) is 1. The van der Waals surface area contributed by atoms with E-state index in [-0.39, 0.29) is 11.6 Å². The molecule has 1 N–H and O–H groups in total. The first-order valence-electron chi connectivity index (χ1n) is 6.28. The number of halogens is 1. The normalized spacial score (nSPS) is 16.3. The first-order valence-corrected chi connectivity index (χ1v) is 6.28. The molecule has 0 spiro atoms. The fourth-order valence-corrected chi connectivity index (χ4v) is 2.30. The number of Topliss-reactive ketones (excluding diaryl/α,β-unsaturated/α-hetero) is 1. The highest BCUT2D eigenvalue weighted by molar-refractivity contribution is 5.96. The Kier molecular flexibility index (Phi) is 4.26. The summed E-state index contributed by atoms with van der Waals surface area (Å²) in [5, 5.41) is 3.40. The molecule has 0 atom stereocenters. The Morgan fingerprint density at radius 2 is 1.88 bits per heavy atom. The maximum atomic E-state index is 12.7. The van der Waals surface area contributed by atoms with Gasteiger partial charge in [-0.05, 0) is 37.1 Å². The van der Waals surface area contributed by atoms with Crippen molar-refractivity contribution in [1.82, 2.24) is 5.32 Å². The molecule has 1 aromatic rings. The standard InChI is InChI=1S/C14H18FNO/c15-12-7-5-11(6-8-12)14(17)9-10-16-13-3-1-2-4-13/h5-8,13,16H,1-4,9-10H2. The van der Waals surface area contributed by atoms with Crippen LogP contribution in [0.1, 0.15) is 42.5 Å². The maximum absolute atomic E-state index is 12.7. The summed E-state index contributed by atoms with van der Waals surface area (Å²) in [6.45, 7) is 0.723. The van der Waals surface area contributed by atoms with Gasteiger partial charge in [-0.15, -0.1) is 0 Å². The van der Waals surface area contributed by atoms with Gasteiger partial charge in [0, 0.05) is 24.6 Å². The number of hydrogen-bond donors (Lipinski definition) is 1. The van der Waals surface area contributed by atoms with Crippen molar-refractivity contribution >= 4 is 5.78 Å². The molecule has 2 nitrogen and oxygen atoms in total. The van der Waals surface area contributed by atoms with Gasteiger partial charge in [-0.2, -0.15) is 0 Å². The van der Waals surface area contributed by atoms with Crippen molar-refractivity contribution in [2.45, 2.75) is 38.1 Å². The number of rotatable bonds is 5. The second-order valence-electron chi connectivity index (χ2n) is 4.62. The van der Waals surface area contributed by atoms with Crippen LogP contribution in [0, 0.1) is 5.82 Å². The molecule has 1 fully saturated rings. The summed E-state index contributed by atoms with van der Waals surface area (Å²) >= 11 is 0. The van der Waals surface area contributed by atoms with E-state index in [4.69, 9.17) is 0 Å². The molecule has 0 amide bonds. The fraction of sp³-hybridized carbons (Fsp3) is 0.500. The number of ketones is 1. The van der Waals surface area contributed by atoms with Gasteiger partial charge in [0.25, 0.3) is 0 Å². The zero-order chi connectivity index (χ0) is 12.1. The second-order valence-corrected chi connectivity index (χ2v) is 4.62. The number of hydrogen-bond acceptors (Lipinski definition) is 2. The highest BCUT2D eigenvalue weighted by atomic mass is 19.1. The van der Waals surface area contributed by atoms with Crippen LogP contribution in [0.3, 0.4) is 0 Å². The Morgan fingerprint density at radius 1 is 1.24 bits per heavy atom. The highest BCUT2D eigenvalue weighted by Gasteiger charge is 2.14. The van der Waals surface area contributed by atoms with E-state index < -0.39 is 0 Å². The third kappa shape index (κ3) is 3.63. The van der Waals surface area contributed by atoms with Gasteiger partial charge in [-0.1, -0.05) is 12.8 Å². The van der Waals surface area contributed by atoms with Crippen molar-refractivity contribution in [3.63, 3.8) is 0 Å². The van der Waals surface area contributed by atoms with Crippen molar-refractivity contribution in [1.29, 1.82) is 0 Å². The third-order valence-corrected chi connectivity index (χ3v) is 3.31. The lowest BCUT2D eigenvalue weighted by Gasteiger charge is -2.10. The smallest absolute Gasteiger partial charge is 0.164 e. The summed E-state index contributed by atoms with van der Waals surface area (Å²) in [5.74, 6) is -0.221. The van der Waals surface area contributed by atoms with E-state index in [0.29, 0.717) is 18.0 Å². The molecule has 92 valence electrons. The number of carbonyl (C=O) groups excluding carboxylic acids is 1. The molecule has 0 radical (unpaired) electrons. The summed E-state index contributed by atoms with van der Waals surface area (Å²) < 4.78 is 12.7. The van der Waals surface area contributed by atoms with Crippen LogP contribution in [0.5, 0.6) is 0 Å². The van der Waals surface area contributed by atoms with E-state index >= 15 is 0 Å². The first-order chi connectivity index (χ1) is 8.25. The summed E-state index contributed by atoms with van der Waals surface area (Å²) in [6, 6.07) is 6.35. The van der Waals surface area contributed by atoms with Crippen molar-refractivity contribution < 1.29 is 9.18 Å². The summed E-state index contributed by atoms with van der Waals surface area (Å²) in [6.07, 6.45) is 5.53. The Balaban J connectivity index is 1.75. The zero-order valence-electron chi connectivity index (χ0n) is 9.92. The summed E-state index contributed by atoms with van der Waals surface area (Å²) in [4.78, 5) is 11.8. The van der Waals surface area contributed by atoms with E-state index in [2.05, 4.69) is 5.32 Å². The van der Waals surface area contributed by atoms with Crippen LogP contribution in [-0.2, 0) is 0 Å². The monoisotopic (exact) mass is 235 g/mol. The third-order valence-electron chi connectivity index (χ3n) is 3.31. The Bertz CT molecular complexity index is 368. The summed E-state index contributed by atoms with van der Waals surface area (Å²) in [5.41, 5.74) is 0.597. The van der Waals surface area contributed by atoms with Crippen molar-refractivity contribution in [2.75, 3.05) is 6.54 Å². The predicted octanol–water partition coefficient (Wildman–Crippen LogP) is 2.93. The van der Waals surface area contributed by atoms with E-state index in [1.807, 2.05) is 0 Å². The van der Waals surface area contributed by atoms with E-state index in [0.717, 1.165) is 6.54 Å². The zero-order valence-corrected chi connectivity index (χ0v) is 9.92. The van der Waals surface area contributed by atoms with Crippen LogP contribution in [-0.4, -0.2) is 18.4 Å². The van der Waals surface area contributed by atoms with Gasteiger partial charge < -0.3 is 5.32 Å². The Morgan fingerprint density at radius 3 is 2.53 bits per heavy atom. The minimum Gasteiger partial charge on any atom is -0.314 e. The lowest BCUT2D eigenvalue weighted by atomic mass is 10.1. The van der Waals surface area contributed by atoms with Crippen molar-refractivity contribution in [3.05, 3.63) is 35.6 Å². The second kappa shape index (κ2) is 5.92. The van der Waals surface area contributed by atoms with Crippen LogP contribution in [0.2, 0.25) is 0 Å². The van der Waals surface area contributed by atoms with Crippen LogP contribution in [0.15, 0.2) is 24.3 Å². The van der Waals surface area contributed by atoms with Crippen LogP contribution in [0.4, 0.5) is 4.39 Å². The molecule has 2 rings (SSSR count). The molecule has 0 unspecified atom stereocenters. The molecular weight excluding hydrogens is 217 g/mol. The minimum absolute atomic E-state index is 0.0792. The Hall–Kier alpha value is -1.22. The lowest BCUT2D eigenvalue weighted by Crippen LogP contribution is -2.28. The fourth-order valence-electron chi connectivity index (χ4n) is 2.30. The van der Waals surface area contributed by atoms with Gasteiger partial charge in [0.05, 0.1) is 0 Å². The van der Waals surface area contributed by atoms with Gasteiger partial charge in [0.2, 0.25) is 0 Å². The van der Waals surface area contributed by atoms with Crippen LogP contribution >= 0.6 is 0 Å². The molecule has 0 bridgehead atoms. The van der Waals surface area contributed by atoms with Crippen LogP contribution < -0.4 is 5.32 Å². The molecule has 1 saturated carbocycles. The topological polar surface area (TPSA) is 29.1 Å². The van der Waals surface area contributed by atoms with Crippen molar-refractivity contribution in [2.24, 2.45) is 0 Å². The minimum atomic E-state index is -0.300. The number of carbonyl (C=O) groups is 1. The SMILES string of the molecule is O=C(CCNC1CCCC1)c1ccc(F)cc1. The lowest BCUT2D eigenvalue weighted by molar-refractivity contribution is 0.0981. The predicted molar refractivity (Wildman–Crippen MR) is 65.6 cm³/mol.